The number of amides is 1. The molecule has 5 heteroatoms. The topological polar surface area (TPSA) is 42.0 Å². The fourth-order valence-electron chi connectivity index (χ4n) is 3.49. The molecule has 0 fully saturated rings. The predicted molar refractivity (Wildman–Crippen MR) is 142 cm³/mol. The van der Waals surface area contributed by atoms with E-state index in [4.69, 9.17) is 11.6 Å². The van der Waals surface area contributed by atoms with Gasteiger partial charge >= 0.3 is 0 Å². The Morgan fingerprint density at radius 3 is 2.42 bits per heavy atom. The first-order chi connectivity index (χ1) is 16.0. The fourth-order valence-corrected chi connectivity index (χ4v) is 4.16. The molecule has 1 aromatic heterocycles. The number of hydrogen-bond acceptors (Lipinski definition) is 3. The molecule has 0 aliphatic carbocycles. The molecule has 0 radical (unpaired) electrons. The first-order valence-electron chi connectivity index (χ1n) is 10.8. The van der Waals surface area contributed by atoms with Crippen LogP contribution in [0.4, 0.5) is 5.69 Å². The minimum absolute atomic E-state index is 0.157. The number of rotatable bonds is 5. The van der Waals surface area contributed by atoms with Crippen molar-refractivity contribution in [3.05, 3.63) is 101 Å². The van der Waals surface area contributed by atoms with E-state index in [-0.39, 0.29) is 5.91 Å². The van der Waals surface area contributed by atoms with E-state index in [9.17, 15) is 4.79 Å². The monoisotopic (exact) mass is 474 g/mol. The highest BCUT2D eigenvalue weighted by molar-refractivity contribution is 7.98. The van der Waals surface area contributed by atoms with E-state index in [0.717, 1.165) is 38.5 Å². The van der Waals surface area contributed by atoms with Gasteiger partial charge in [-0.2, -0.15) is 0 Å². The van der Waals surface area contributed by atoms with Crippen LogP contribution in [0.25, 0.3) is 22.4 Å². The van der Waals surface area contributed by atoms with Crippen molar-refractivity contribution in [1.29, 1.82) is 0 Å². The van der Waals surface area contributed by atoms with Gasteiger partial charge in [-0.15, -0.1) is 11.8 Å². The SMILES string of the molecule is CC.CSc1ccc(C(=O)Nc2cccc(-c3ccccn3)c2)c(-c2ccc(Cl)cc2C)c1. The van der Waals surface area contributed by atoms with Crippen LogP contribution in [0.5, 0.6) is 0 Å². The third-order valence-corrected chi connectivity index (χ3v) is 5.99. The Labute approximate surface area is 205 Å². The molecule has 0 atom stereocenters. The van der Waals surface area contributed by atoms with E-state index in [0.29, 0.717) is 10.6 Å². The van der Waals surface area contributed by atoms with Gasteiger partial charge in [-0.1, -0.05) is 49.7 Å². The van der Waals surface area contributed by atoms with E-state index in [2.05, 4.69) is 16.4 Å². The lowest BCUT2D eigenvalue weighted by atomic mass is 9.95. The summed E-state index contributed by atoms with van der Waals surface area (Å²) in [6.45, 7) is 6.00. The summed E-state index contributed by atoms with van der Waals surface area (Å²) < 4.78 is 0. The van der Waals surface area contributed by atoms with E-state index in [1.54, 1.807) is 18.0 Å². The third kappa shape index (κ3) is 6.04. The van der Waals surface area contributed by atoms with Crippen LogP contribution in [0, 0.1) is 6.92 Å². The summed E-state index contributed by atoms with van der Waals surface area (Å²) in [5.41, 5.74) is 6.06. The summed E-state index contributed by atoms with van der Waals surface area (Å²) in [6, 6.07) is 25.1. The summed E-state index contributed by atoms with van der Waals surface area (Å²) in [5, 5.41) is 3.73. The van der Waals surface area contributed by atoms with Crippen LogP contribution in [-0.4, -0.2) is 17.1 Å². The second kappa shape index (κ2) is 11.7. The van der Waals surface area contributed by atoms with E-state index in [1.807, 2.05) is 99.8 Å². The molecule has 3 aromatic carbocycles. The van der Waals surface area contributed by atoms with Crippen LogP contribution >= 0.6 is 23.4 Å². The van der Waals surface area contributed by atoms with Crippen LogP contribution < -0.4 is 5.32 Å². The molecule has 4 rings (SSSR count). The summed E-state index contributed by atoms with van der Waals surface area (Å²) in [5.74, 6) is -0.157. The number of thioether (sulfide) groups is 1. The maximum atomic E-state index is 13.3. The molecule has 168 valence electrons. The van der Waals surface area contributed by atoms with Crippen molar-refractivity contribution in [3.8, 4) is 22.4 Å². The maximum absolute atomic E-state index is 13.3. The lowest BCUT2D eigenvalue weighted by Crippen LogP contribution is -2.13. The third-order valence-electron chi connectivity index (χ3n) is 5.03. The molecule has 1 N–H and O–H groups in total. The Balaban J connectivity index is 0.00000149. The first kappa shape index (κ1) is 24.6. The number of halogens is 1. The van der Waals surface area contributed by atoms with E-state index < -0.39 is 0 Å². The van der Waals surface area contributed by atoms with Crippen LogP contribution in [-0.2, 0) is 0 Å². The molecule has 0 aliphatic rings. The van der Waals surface area contributed by atoms with Crippen LogP contribution in [0.3, 0.4) is 0 Å². The van der Waals surface area contributed by atoms with Crippen molar-refractivity contribution in [2.45, 2.75) is 25.7 Å². The van der Waals surface area contributed by atoms with Gasteiger partial charge in [0.1, 0.15) is 0 Å². The molecule has 1 heterocycles. The number of nitrogens with one attached hydrogen (secondary N) is 1. The van der Waals surface area contributed by atoms with Crippen molar-refractivity contribution in [2.24, 2.45) is 0 Å². The molecule has 0 saturated carbocycles. The summed E-state index contributed by atoms with van der Waals surface area (Å²) in [6.07, 6.45) is 3.78. The smallest absolute Gasteiger partial charge is 0.256 e. The molecule has 0 aliphatic heterocycles. The molecular formula is C28H27ClN2OS. The number of aryl methyl sites for hydroxylation is 1. The van der Waals surface area contributed by atoms with Gasteiger partial charge in [0.25, 0.3) is 5.91 Å². The normalized spacial score (nSPS) is 10.2. The van der Waals surface area contributed by atoms with Gasteiger partial charge in [-0.05, 0) is 84.5 Å². The molecule has 4 aromatic rings. The van der Waals surface area contributed by atoms with Gasteiger partial charge in [-0.25, -0.2) is 0 Å². The molecule has 0 unspecified atom stereocenters. The standard InChI is InChI=1S/C26H21ClN2OS.C2H6/c1-17-14-19(27)9-11-22(17)24-16-21(31-2)10-12-23(24)26(30)29-20-7-5-6-18(15-20)25-8-3-4-13-28-25;1-2/h3-16H,1-2H3,(H,29,30);1-2H3. The van der Waals surface area contributed by atoms with Gasteiger partial charge in [0.2, 0.25) is 0 Å². The fraction of sp³-hybridized carbons (Fsp3) is 0.143. The lowest BCUT2D eigenvalue weighted by Gasteiger charge is -2.14. The Hall–Kier alpha value is -3.08. The van der Waals surface area contributed by atoms with Crippen molar-refractivity contribution in [3.63, 3.8) is 0 Å². The van der Waals surface area contributed by atoms with Gasteiger partial charge in [0.05, 0.1) is 5.69 Å². The Morgan fingerprint density at radius 1 is 0.909 bits per heavy atom. The number of benzene rings is 3. The Bertz CT molecular complexity index is 1240. The zero-order valence-electron chi connectivity index (χ0n) is 19.2. The molecule has 0 bridgehead atoms. The molecule has 3 nitrogen and oxygen atoms in total. The first-order valence-corrected chi connectivity index (χ1v) is 12.4. The highest BCUT2D eigenvalue weighted by Gasteiger charge is 2.16. The largest absolute Gasteiger partial charge is 0.322 e. The van der Waals surface area contributed by atoms with E-state index in [1.165, 1.54) is 0 Å². The lowest BCUT2D eigenvalue weighted by molar-refractivity contribution is 0.102. The number of anilines is 1. The van der Waals surface area contributed by atoms with E-state index >= 15 is 0 Å². The minimum atomic E-state index is -0.157. The molecule has 0 spiro atoms. The average Bonchev–Trinajstić information content (AvgIpc) is 2.85. The Kier molecular flexibility index (Phi) is 8.70. The maximum Gasteiger partial charge on any atom is 0.256 e. The number of aromatic nitrogens is 1. The molecular weight excluding hydrogens is 448 g/mol. The van der Waals surface area contributed by atoms with Gasteiger partial charge in [-0.3, -0.25) is 9.78 Å². The van der Waals surface area contributed by atoms with Crippen molar-refractivity contribution >= 4 is 35.0 Å². The van der Waals surface area contributed by atoms with Gasteiger partial charge < -0.3 is 5.32 Å². The van der Waals surface area contributed by atoms with Crippen LogP contribution in [0.2, 0.25) is 5.02 Å². The predicted octanol–water partition coefficient (Wildman–Crippen LogP) is 8.38. The minimum Gasteiger partial charge on any atom is -0.322 e. The van der Waals surface area contributed by atoms with Gasteiger partial charge in [0, 0.05) is 32.9 Å². The van der Waals surface area contributed by atoms with Crippen LogP contribution in [0.1, 0.15) is 29.8 Å². The number of nitrogens with zero attached hydrogens (tertiary/aromatic N) is 1. The molecule has 33 heavy (non-hydrogen) atoms. The second-order valence-corrected chi connectivity index (χ2v) is 8.44. The zero-order valence-corrected chi connectivity index (χ0v) is 20.8. The molecule has 0 saturated heterocycles. The highest BCUT2D eigenvalue weighted by atomic mass is 35.5. The van der Waals surface area contributed by atoms with Gasteiger partial charge in [0.15, 0.2) is 0 Å². The molecule has 1 amide bonds. The zero-order chi connectivity index (χ0) is 23.8. The Morgan fingerprint density at radius 2 is 1.73 bits per heavy atom. The summed E-state index contributed by atoms with van der Waals surface area (Å²) in [7, 11) is 0. The van der Waals surface area contributed by atoms with Crippen molar-refractivity contribution in [1.82, 2.24) is 4.98 Å². The van der Waals surface area contributed by atoms with Crippen LogP contribution in [0.15, 0.2) is 90.0 Å². The van der Waals surface area contributed by atoms with Crippen molar-refractivity contribution in [2.75, 3.05) is 11.6 Å². The quantitative estimate of drug-likeness (QED) is 0.295. The number of carbonyl (C=O) groups is 1. The number of pyridine rings is 1. The second-order valence-electron chi connectivity index (χ2n) is 7.12. The van der Waals surface area contributed by atoms with Crippen molar-refractivity contribution < 1.29 is 4.79 Å². The highest BCUT2D eigenvalue weighted by Crippen LogP contribution is 2.32. The average molecular weight is 475 g/mol. The number of hydrogen-bond donors (Lipinski definition) is 1. The summed E-state index contributed by atoms with van der Waals surface area (Å²) in [4.78, 5) is 18.8. The number of carbonyl (C=O) groups excluding carboxylic acids is 1. The summed E-state index contributed by atoms with van der Waals surface area (Å²) >= 11 is 7.80.